The summed E-state index contributed by atoms with van der Waals surface area (Å²) in [6.45, 7) is 6.92. The van der Waals surface area contributed by atoms with E-state index in [0.29, 0.717) is 5.89 Å². The molecule has 23 heavy (non-hydrogen) atoms. The average molecular weight is 338 g/mol. The quantitative estimate of drug-likeness (QED) is 0.554. The van der Waals surface area contributed by atoms with Crippen molar-refractivity contribution in [2.24, 2.45) is 0 Å². The summed E-state index contributed by atoms with van der Waals surface area (Å²) >= 11 is 1.34. The summed E-state index contributed by atoms with van der Waals surface area (Å²) in [7, 11) is 0. The topological polar surface area (TPSA) is 98.7 Å². The van der Waals surface area contributed by atoms with E-state index in [0.717, 1.165) is 31.0 Å². The number of hydrogen-bond donors (Lipinski definition) is 1. The molecule has 0 aromatic carbocycles. The van der Waals surface area contributed by atoms with Crippen LogP contribution in [0.1, 0.15) is 51.8 Å². The minimum atomic E-state index is -0.211. The summed E-state index contributed by atoms with van der Waals surface area (Å²) < 4.78 is 7.31. The van der Waals surface area contributed by atoms with Crippen LogP contribution in [0.2, 0.25) is 0 Å². The minimum absolute atomic E-state index is 0.128. The van der Waals surface area contributed by atoms with Gasteiger partial charge in [-0.3, -0.25) is 10.1 Å². The molecule has 1 amide bonds. The Morgan fingerprint density at radius 3 is 2.87 bits per heavy atom. The van der Waals surface area contributed by atoms with Crippen LogP contribution in [-0.4, -0.2) is 36.6 Å². The lowest BCUT2D eigenvalue weighted by atomic mass is 10.2. The molecule has 0 bridgehead atoms. The van der Waals surface area contributed by atoms with Crippen molar-refractivity contribution in [3.63, 3.8) is 0 Å². The molecule has 0 fully saturated rings. The lowest BCUT2D eigenvalue weighted by Gasteiger charge is -2.05. The summed E-state index contributed by atoms with van der Waals surface area (Å²) in [5, 5.41) is 19.0. The van der Waals surface area contributed by atoms with Crippen LogP contribution in [0, 0.1) is 0 Å². The molecule has 0 radical (unpaired) electrons. The van der Waals surface area contributed by atoms with Crippen molar-refractivity contribution < 1.29 is 9.21 Å². The number of thioether (sulfide) groups is 1. The molecule has 126 valence electrons. The highest BCUT2D eigenvalue weighted by atomic mass is 32.2. The second-order valence-corrected chi connectivity index (χ2v) is 6.39. The summed E-state index contributed by atoms with van der Waals surface area (Å²) in [5.74, 6) is 0.635. The van der Waals surface area contributed by atoms with Crippen LogP contribution < -0.4 is 5.32 Å². The van der Waals surface area contributed by atoms with Crippen LogP contribution >= 0.6 is 11.8 Å². The molecule has 0 unspecified atom stereocenters. The van der Waals surface area contributed by atoms with Gasteiger partial charge in [0, 0.05) is 12.5 Å². The number of rotatable bonds is 9. The van der Waals surface area contributed by atoms with Gasteiger partial charge in [-0.2, -0.15) is 0 Å². The predicted molar refractivity (Wildman–Crippen MR) is 87.3 cm³/mol. The minimum Gasteiger partial charge on any atom is -0.408 e. The molecule has 8 nitrogen and oxygen atoms in total. The maximum atomic E-state index is 11.9. The largest absolute Gasteiger partial charge is 0.408 e. The smallest absolute Gasteiger partial charge is 0.322 e. The Balaban J connectivity index is 1.81. The Hall–Kier alpha value is -1.90. The molecule has 0 saturated carbocycles. The monoisotopic (exact) mass is 338 g/mol. The molecule has 0 aliphatic rings. The molecule has 0 aliphatic carbocycles. The van der Waals surface area contributed by atoms with Gasteiger partial charge in [-0.25, -0.2) is 0 Å². The van der Waals surface area contributed by atoms with E-state index in [4.69, 9.17) is 4.42 Å². The zero-order chi connectivity index (χ0) is 16.7. The van der Waals surface area contributed by atoms with E-state index in [2.05, 4.69) is 32.6 Å². The summed E-state index contributed by atoms with van der Waals surface area (Å²) in [4.78, 5) is 11.9. The van der Waals surface area contributed by atoms with Crippen LogP contribution in [0.4, 0.5) is 6.01 Å². The van der Waals surface area contributed by atoms with Gasteiger partial charge in [0.2, 0.25) is 11.8 Å². The van der Waals surface area contributed by atoms with Crippen molar-refractivity contribution in [1.82, 2.24) is 25.0 Å². The number of unbranched alkanes of at least 4 members (excludes halogenated alkanes) is 2. The fraction of sp³-hybridized carbons (Fsp3) is 0.643. The molecule has 0 saturated heterocycles. The normalized spacial score (nSPS) is 11.1. The van der Waals surface area contributed by atoms with Gasteiger partial charge in [0.1, 0.15) is 6.33 Å². The highest BCUT2D eigenvalue weighted by molar-refractivity contribution is 7.99. The molecule has 9 heteroatoms. The van der Waals surface area contributed by atoms with E-state index < -0.39 is 0 Å². The average Bonchev–Trinajstić information content (AvgIpc) is 3.15. The van der Waals surface area contributed by atoms with Gasteiger partial charge in [0.15, 0.2) is 5.16 Å². The van der Waals surface area contributed by atoms with Gasteiger partial charge in [-0.05, 0) is 6.42 Å². The van der Waals surface area contributed by atoms with Gasteiger partial charge in [0.05, 0.1) is 5.75 Å². The second-order valence-electron chi connectivity index (χ2n) is 5.45. The molecule has 2 heterocycles. The Kier molecular flexibility index (Phi) is 6.57. The van der Waals surface area contributed by atoms with Gasteiger partial charge in [-0.1, -0.05) is 50.5 Å². The first-order chi connectivity index (χ1) is 11.1. The van der Waals surface area contributed by atoms with Crippen LogP contribution in [0.25, 0.3) is 0 Å². The van der Waals surface area contributed by atoms with E-state index in [1.54, 1.807) is 6.33 Å². The summed E-state index contributed by atoms with van der Waals surface area (Å²) in [6.07, 6.45) is 5.10. The first kappa shape index (κ1) is 17.5. The predicted octanol–water partition coefficient (Wildman–Crippen LogP) is 2.71. The molecule has 0 spiro atoms. The van der Waals surface area contributed by atoms with Gasteiger partial charge in [-0.15, -0.1) is 15.3 Å². The van der Waals surface area contributed by atoms with Gasteiger partial charge in [0.25, 0.3) is 0 Å². The van der Waals surface area contributed by atoms with Crippen molar-refractivity contribution >= 4 is 23.7 Å². The van der Waals surface area contributed by atoms with Crippen LogP contribution in [0.5, 0.6) is 0 Å². The second kappa shape index (κ2) is 8.66. The molecule has 1 N–H and O–H groups in total. The molecular weight excluding hydrogens is 316 g/mol. The molecule has 0 atom stereocenters. The SMILES string of the molecule is CCCCCn1cnnc1SCC(=O)Nc1nnc(C(C)C)o1. The summed E-state index contributed by atoms with van der Waals surface area (Å²) in [5.41, 5.74) is 0. The van der Waals surface area contributed by atoms with Crippen LogP contribution in [0.15, 0.2) is 15.9 Å². The van der Waals surface area contributed by atoms with Crippen LogP contribution in [-0.2, 0) is 11.3 Å². The number of anilines is 1. The Morgan fingerprint density at radius 2 is 2.17 bits per heavy atom. The maximum Gasteiger partial charge on any atom is 0.322 e. The van der Waals surface area contributed by atoms with Gasteiger partial charge >= 0.3 is 6.01 Å². The highest BCUT2D eigenvalue weighted by Gasteiger charge is 2.13. The van der Waals surface area contributed by atoms with Crippen molar-refractivity contribution in [2.75, 3.05) is 11.1 Å². The molecule has 2 aromatic heterocycles. The van der Waals surface area contributed by atoms with Gasteiger partial charge < -0.3 is 8.98 Å². The Bertz CT molecular complexity index is 624. The number of hydrogen-bond acceptors (Lipinski definition) is 7. The third-order valence-electron chi connectivity index (χ3n) is 3.10. The molecular formula is C14H22N6O2S. The molecule has 2 aromatic rings. The number of nitrogens with zero attached hydrogens (tertiary/aromatic N) is 5. The lowest BCUT2D eigenvalue weighted by molar-refractivity contribution is -0.113. The number of carbonyl (C=O) groups excluding carboxylic acids is 1. The number of nitrogens with one attached hydrogen (secondary N) is 1. The van der Waals surface area contributed by atoms with E-state index in [-0.39, 0.29) is 23.6 Å². The zero-order valence-electron chi connectivity index (χ0n) is 13.7. The maximum absolute atomic E-state index is 11.9. The zero-order valence-corrected chi connectivity index (χ0v) is 14.5. The number of amides is 1. The molecule has 2 rings (SSSR count). The summed E-state index contributed by atoms with van der Waals surface area (Å²) in [6, 6.07) is 0.128. The fourth-order valence-corrected chi connectivity index (χ4v) is 2.59. The van der Waals surface area contributed by atoms with Crippen LogP contribution in [0.3, 0.4) is 0 Å². The number of carbonyl (C=O) groups is 1. The first-order valence-electron chi connectivity index (χ1n) is 7.74. The lowest BCUT2D eigenvalue weighted by Crippen LogP contribution is -2.15. The van der Waals surface area contributed by atoms with Crippen molar-refractivity contribution in [1.29, 1.82) is 0 Å². The molecule has 0 aliphatic heterocycles. The van der Waals surface area contributed by atoms with E-state index >= 15 is 0 Å². The highest BCUT2D eigenvalue weighted by Crippen LogP contribution is 2.17. The third kappa shape index (κ3) is 5.34. The Labute approximate surface area is 139 Å². The third-order valence-corrected chi connectivity index (χ3v) is 4.08. The van der Waals surface area contributed by atoms with Crippen molar-refractivity contribution in [3.05, 3.63) is 12.2 Å². The standard InChI is InChI=1S/C14H22N6O2S/c1-4-5-6-7-20-9-15-19-14(20)23-8-11(21)16-13-18-17-12(22-13)10(2)3/h9-10H,4-8H2,1-3H3,(H,16,18,21). The Morgan fingerprint density at radius 1 is 1.35 bits per heavy atom. The van der Waals surface area contributed by atoms with Crippen molar-refractivity contribution in [3.8, 4) is 0 Å². The number of aryl methyl sites for hydroxylation is 1. The first-order valence-corrected chi connectivity index (χ1v) is 8.72. The fourth-order valence-electron chi connectivity index (χ4n) is 1.85. The number of aromatic nitrogens is 5. The van der Waals surface area contributed by atoms with E-state index in [1.165, 1.54) is 11.8 Å². The van der Waals surface area contributed by atoms with E-state index in [1.807, 2.05) is 18.4 Å². The van der Waals surface area contributed by atoms with E-state index in [9.17, 15) is 4.79 Å². The van der Waals surface area contributed by atoms with Crippen molar-refractivity contribution in [2.45, 2.75) is 57.7 Å².